The zero-order valence-electron chi connectivity index (χ0n) is 19.5. The minimum atomic E-state index is -0.661. The number of benzene rings is 3. The van der Waals surface area contributed by atoms with Crippen molar-refractivity contribution in [2.45, 2.75) is 26.4 Å². The lowest BCUT2D eigenvalue weighted by Gasteiger charge is -2.14. The summed E-state index contributed by atoms with van der Waals surface area (Å²) in [7, 11) is 0. The molecule has 0 saturated carbocycles. The van der Waals surface area contributed by atoms with Crippen LogP contribution in [0.5, 0.6) is 0 Å². The van der Waals surface area contributed by atoms with Gasteiger partial charge in [-0.15, -0.1) is 0 Å². The highest BCUT2D eigenvalue weighted by atomic mass is 19.1. The van der Waals surface area contributed by atoms with Gasteiger partial charge in [0.1, 0.15) is 22.9 Å². The molecule has 35 heavy (non-hydrogen) atoms. The van der Waals surface area contributed by atoms with Crippen molar-refractivity contribution in [2.75, 3.05) is 5.73 Å². The van der Waals surface area contributed by atoms with Gasteiger partial charge in [-0.1, -0.05) is 60.7 Å². The highest BCUT2D eigenvalue weighted by molar-refractivity contribution is 6.03. The van der Waals surface area contributed by atoms with E-state index in [0.29, 0.717) is 22.4 Å². The Morgan fingerprint density at radius 1 is 1.06 bits per heavy atom. The summed E-state index contributed by atoms with van der Waals surface area (Å²) >= 11 is 0. The zero-order valence-corrected chi connectivity index (χ0v) is 19.5. The number of nitrogen functional groups attached to an aromatic ring is 1. The lowest BCUT2D eigenvalue weighted by molar-refractivity contribution is 0.0948. The van der Waals surface area contributed by atoms with E-state index < -0.39 is 11.7 Å². The summed E-state index contributed by atoms with van der Waals surface area (Å²) < 4.78 is 15.1. The maximum Gasteiger partial charge on any atom is 0.254 e. The Labute approximate surface area is 202 Å². The van der Waals surface area contributed by atoms with Crippen LogP contribution in [0.4, 0.5) is 10.2 Å². The molecule has 0 saturated heterocycles. The molecule has 0 aliphatic heterocycles. The first-order chi connectivity index (χ1) is 16.8. The van der Waals surface area contributed by atoms with Gasteiger partial charge >= 0.3 is 0 Å². The number of anilines is 1. The summed E-state index contributed by atoms with van der Waals surface area (Å²) in [4.78, 5) is 24.7. The molecule has 5 N–H and O–H groups in total. The first-order valence-electron chi connectivity index (χ1n) is 11.1. The maximum atomic E-state index is 13.5. The third kappa shape index (κ3) is 4.91. The van der Waals surface area contributed by atoms with Crippen molar-refractivity contribution < 1.29 is 14.0 Å². The molecule has 0 aliphatic carbocycles. The van der Waals surface area contributed by atoms with Gasteiger partial charge in [-0.05, 0) is 42.7 Å². The summed E-state index contributed by atoms with van der Waals surface area (Å²) in [6.45, 7) is 3.95. The predicted molar refractivity (Wildman–Crippen MR) is 133 cm³/mol. The highest BCUT2D eigenvalue weighted by Crippen LogP contribution is 2.31. The van der Waals surface area contributed by atoms with Crippen molar-refractivity contribution >= 4 is 17.6 Å². The number of amides is 2. The second kappa shape index (κ2) is 9.80. The summed E-state index contributed by atoms with van der Waals surface area (Å²) in [5, 5.41) is 7.42. The lowest BCUT2D eigenvalue weighted by Crippen LogP contribution is -2.23. The number of nitrogens with one attached hydrogen (secondary N) is 1. The fraction of sp³-hybridized carbons (Fsp3) is 0.148. The standard InChI is InChI=1S/C27H26FN5O2/c1-16-8-13-21(28)14-22(16)27(35)31-15-18-9-11-20(12-10-18)24-23(26(30)34)25(29)33(32-24)17(2)19-6-4-3-5-7-19/h3-14,17H,15,29H2,1-2H3,(H2,30,34)(H,31,35). The predicted octanol–water partition coefficient (Wildman–Crippen LogP) is 4.22. The highest BCUT2D eigenvalue weighted by Gasteiger charge is 2.24. The number of carbonyl (C=O) groups excluding carboxylic acids is 2. The van der Waals surface area contributed by atoms with Gasteiger partial charge in [0.15, 0.2) is 0 Å². The summed E-state index contributed by atoms with van der Waals surface area (Å²) in [6, 6.07) is 20.8. The van der Waals surface area contributed by atoms with Crippen LogP contribution in [0.2, 0.25) is 0 Å². The van der Waals surface area contributed by atoms with Crippen LogP contribution >= 0.6 is 0 Å². The Morgan fingerprint density at radius 2 is 1.74 bits per heavy atom. The molecule has 1 unspecified atom stereocenters. The fourth-order valence-electron chi connectivity index (χ4n) is 3.96. The molecule has 0 bridgehead atoms. The van der Waals surface area contributed by atoms with Crippen LogP contribution in [0.25, 0.3) is 11.3 Å². The largest absolute Gasteiger partial charge is 0.383 e. The molecule has 2 amide bonds. The van der Waals surface area contributed by atoms with Crippen LogP contribution in [-0.4, -0.2) is 21.6 Å². The average molecular weight is 472 g/mol. The van der Waals surface area contributed by atoms with Crippen LogP contribution in [0.1, 0.15) is 50.4 Å². The molecule has 3 aromatic carbocycles. The van der Waals surface area contributed by atoms with Crippen molar-refractivity contribution in [1.29, 1.82) is 0 Å². The summed E-state index contributed by atoms with van der Waals surface area (Å²) in [5.41, 5.74) is 16.0. The van der Waals surface area contributed by atoms with E-state index in [1.54, 1.807) is 29.8 Å². The molecule has 0 aliphatic rings. The van der Waals surface area contributed by atoms with E-state index in [-0.39, 0.29) is 29.9 Å². The topological polar surface area (TPSA) is 116 Å². The van der Waals surface area contributed by atoms with Crippen molar-refractivity contribution in [1.82, 2.24) is 15.1 Å². The van der Waals surface area contributed by atoms with Crippen LogP contribution in [0.3, 0.4) is 0 Å². The number of aromatic nitrogens is 2. The second-order valence-electron chi connectivity index (χ2n) is 8.34. The Morgan fingerprint density at radius 3 is 2.40 bits per heavy atom. The van der Waals surface area contributed by atoms with E-state index in [2.05, 4.69) is 10.4 Å². The first-order valence-corrected chi connectivity index (χ1v) is 11.1. The monoisotopic (exact) mass is 471 g/mol. The number of hydrogen-bond donors (Lipinski definition) is 3. The quantitative estimate of drug-likeness (QED) is 0.374. The summed E-state index contributed by atoms with van der Waals surface area (Å²) in [6.07, 6.45) is 0. The third-order valence-corrected chi connectivity index (χ3v) is 5.97. The normalized spacial score (nSPS) is 11.7. The van der Waals surface area contributed by atoms with Gasteiger partial charge in [-0.25, -0.2) is 9.07 Å². The van der Waals surface area contributed by atoms with Crippen LogP contribution < -0.4 is 16.8 Å². The number of rotatable bonds is 7. The number of nitrogens with two attached hydrogens (primary N) is 2. The maximum absolute atomic E-state index is 13.5. The van der Waals surface area contributed by atoms with Crippen molar-refractivity contribution in [3.8, 4) is 11.3 Å². The second-order valence-corrected chi connectivity index (χ2v) is 8.34. The molecule has 1 heterocycles. The van der Waals surface area contributed by atoms with Crippen molar-refractivity contribution in [3.05, 3.63) is 106 Å². The third-order valence-electron chi connectivity index (χ3n) is 5.97. The van der Waals surface area contributed by atoms with E-state index in [1.807, 2.05) is 49.4 Å². The van der Waals surface area contributed by atoms with E-state index >= 15 is 0 Å². The average Bonchev–Trinajstić information content (AvgIpc) is 3.21. The molecule has 1 atom stereocenters. The molecule has 1 aromatic heterocycles. The van der Waals surface area contributed by atoms with Gasteiger partial charge in [-0.2, -0.15) is 5.10 Å². The molecular weight excluding hydrogens is 445 g/mol. The number of nitrogens with zero attached hydrogens (tertiary/aromatic N) is 2. The Bertz CT molecular complexity index is 1380. The van der Waals surface area contributed by atoms with Gasteiger partial charge in [0.2, 0.25) is 0 Å². The van der Waals surface area contributed by atoms with Gasteiger partial charge < -0.3 is 16.8 Å². The molecule has 0 radical (unpaired) electrons. The SMILES string of the molecule is Cc1ccc(F)cc1C(=O)NCc1ccc(-c2nn(C(C)c3ccccc3)c(N)c2C(N)=O)cc1. The molecule has 4 aromatic rings. The van der Waals surface area contributed by atoms with E-state index in [4.69, 9.17) is 11.5 Å². The van der Waals surface area contributed by atoms with Gasteiger partial charge in [0.25, 0.3) is 11.8 Å². The van der Waals surface area contributed by atoms with Crippen LogP contribution in [0.15, 0.2) is 72.8 Å². The minimum absolute atomic E-state index is 0.162. The Kier molecular flexibility index (Phi) is 6.64. The Balaban J connectivity index is 1.56. The summed E-state index contributed by atoms with van der Waals surface area (Å²) in [5.74, 6) is -1.28. The molecule has 178 valence electrons. The Hall–Kier alpha value is -4.46. The number of carbonyl (C=O) groups is 2. The number of aryl methyl sites for hydroxylation is 1. The molecular formula is C27H26FN5O2. The minimum Gasteiger partial charge on any atom is -0.383 e. The molecule has 7 nitrogen and oxygen atoms in total. The zero-order chi connectivity index (χ0) is 25.1. The number of halogens is 1. The molecule has 0 spiro atoms. The van der Waals surface area contributed by atoms with Crippen LogP contribution in [0, 0.1) is 12.7 Å². The van der Waals surface area contributed by atoms with Crippen LogP contribution in [-0.2, 0) is 6.54 Å². The van der Waals surface area contributed by atoms with E-state index in [9.17, 15) is 14.0 Å². The molecule has 8 heteroatoms. The smallest absolute Gasteiger partial charge is 0.254 e. The molecule has 4 rings (SSSR count). The van der Waals surface area contributed by atoms with Gasteiger partial charge in [0.05, 0.1) is 6.04 Å². The van der Waals surface area contributed by atoms with Gasteiger partial charge in [0, 0.05) is 17.7 Å². The number of hydrogen-bond acceptors (Lipinski definition) is 4. The van der Waals surface area contributed by atoms with Crippen molar-refractivity contribution in [3.63, 3.8) is 0 Å². The van der Waals surface area contributed by atoms with Gasteiger partial charge in [-0.3, -0.25) is 9.59 Å². The van der Waals surface area contributed by atoms with E-state index in [1.165, 1.54) is 12.1 Å². The number of primary amides is 1. The first kappa shape index (κ1) is 23.7. The van der Waals surface area contributed by atoms with Crippen molar-refractivity contribution in [2.24, 2.45) is 5.73 Å². The fourth-order valence-corrected chi connectivity index (χ4v) is 3.96. The lowest BCUT2D eigenvalue weighted by atomic mass is 10.0. The molecule has 0 fully saturated rings. The van der Waals surface area contributed by atoms with E-state index in [0.717, 1.165) is 11.1 Å².